The first-order valence-corrected chi connectivity index (χ1v) is 27.4. The Morgan fingerprint density at radius 1 is 0.536 bits per heavy atom. The Morgan fingerprint density at radius 3 is 1.61 bits per heavy atom. The average Bonchev–Trinajstić information content (AvgIpc) is 3.29. The van der Waals surface area contributed by atoms with Gasteiger partial charge in [-0.1, -0.05) is 144 Å². The van der Waals surface area contributed by atoms with Gasteiger partial charge in [-0.3, -0.25) is 23.2 Å². The number of esters is 2. The third kappa shape index (κ3) is 33.4. The van der Waals surface area contributed by atoms with Gasteiger partial charge in [-0.15, -0.1) is 0 Å². The number of phosphoric ester groups is 2. The van der Waals surface area contributed by atoms with Crippen molar-refractivity contribution in [3.8, 4) is 0 Å². The van der Waals surface area contributed by atoms with E-state index in [1.807, 2.05) is 24.3 Å². The fourth-order valence-corrected chi connectivity index (χ4v) is 8.31. The summed E-state index contributed by atoms with van der Waals surface area (Å²) < 4.78 is 49.2. The largest absolute Gasteiger partial charge is 0.472 e. The van der Waals surface area contributed by atoms with Crippen LogP contribution in [0.15, 0.2) is 85.1 Å². The van der Waals surface area contributed by atoms with Crippen LogP contribution in [0.4, 0.5) is 0 Å². The van der Waals surface area contributed by atoms with Crippen molar-refractivity contribution in [3.63, 3.8) is 0 Å². The summed E-state index contributed by atoms with van der Waals surface area (Å²) in [4.78, 5) is 54.3. The summed E-state index contributed by atoms with van der Waals surface area (Å²) in [5.41, 5.74) is 0. The van der Waals surface area contributed by atoms with E-state index in [-0.39, 0.29) is 25.7 Å². The SMILES string of the molecule is CCCCC/C=C\C/C=C\C/C=C\CCCCCCC(=O)O[C@H](COC(=O)CCC[C@@H](O)/C=C/C=C\C/C=C\C=C\[C@@H](O)CCCCC)COP(=O)(O)O[C@H]1C(O)C(O)C(O)[C@@H](OP(=O)(O)O)C1O. The minimum Gasteiger partial charge on any atom is -0.462 e. The predicted molar refractivity (Wildman–Crippen MR) is 262 cm³/mol. The van der Waals surface area contributed by atoms with E-state index >= 15 is 0 Å². The summed E-state index contributed by atoms with van der Waals surface area (Å²) in [5.74, 6) is -1.47. The monoisotopic (exact) mass is 1020 g/mol. The molecule has 5 unspecified atom stereocenters. The van der Waals surface area contributed by atoms with Crippen LogP contribution in [0, 0.1) is 0 Å². The number of aliphatic hydroxyl groups excluding tert-OH is 6. The Bertz CT molecular complexity index is 1690. The molecule has 1 rings (SSSR count). The minimum absolute atomic E-state index is 0.0358. The van der Waals surface area contributed by atoms with E-state index in [1.54, 1.807) is 24.3 Å². The van der Waals surface area contributed by atoms with E-state index in [0.717, 1.165) is 64.2 Å². The lowest BCUT2D eigenvalue weighted by molar-refractivity contribution is -0.216. The van der Waals surface area contributed by atoms with Gasteiger partial charge in [-0.25, -0.2) is 9.13 Å². The van der Waals surface area contributed by atoms with Gasteiger partial charge in [-0.2, -0.15) is 0 Å². The maximum absolute atomic E-state index is 13.0. The minimum atomic E-state index is -5.40. The van der Waals surface area contributed by atoms with Crippen molar-refractivity contribution >= 4 is 27.6 Å². The molecule has 396 valence electrons. The number of ether oxygens (including phenoxy) is 2. The van der Waals surface area contributed by atoms with Gasteiger partial charge in [0.25, 0.3) is 0 Å². The van der Waals surface area contributed by atoms with Crippen LogP contribution in [-0.2, 0) is 41.8 Å². The van der Waals surface area contributed by atoms with Crippen molar-refractivity contribution in [1.82, 2.24) is 0 Å². The zero-order valence-electron chi connectivity index (χ0n) is 40.4. The van der Waals surface area contributed by atoms with Crippen LogP contribution in [0.2, 0.25) is 0 Å². The summed E-state index contributed by atoms with van der Waals surface area (Å²) in [6, 6.07) is 0. The van der Waals surface area contributed by atoms with Crippen molar-refractivity contribution in [2.24, 2.45) is 0 Å². The fourth-order valence-electron chi connectivity index (χ4n) is 6.77. The van der Waals surface area contributed by atoms with Gasteiger partial charge in [0.15, 0.2) is 6.10 Å². The van der Waals surface area contributed by atoms with Crippen LogP contribution < -0.4 is 0 Å². The number of unbranched alkanes of at least 4 members (excludes halogenated alkanes) is 9. The standard InChI is InChI=1S/C49H82O18P2/c1-3-5-7-8-9-10-11-12-13-14-15-16-17-18-22-25-29-35-43(53)65-41(38-64-69(61,62)67-49-46(56)44(54)45(55)48(47(49)57)66-68(58,59)60)37-63-42(52)36-30-34-40(51)33-28-24-21-19-20-23-27-32-39(50)31-26-6-4-2/h9-10,12-13,15-16,20-21,23-24,27-28,32-33,39-41,44-51,54-57H,3-8,11,14,17-19,22,25-26,29-31,34-38H2,1-2H3,(H,61,62)(H2,58,59,60)/b10-9-,13-12-,16-15-,23-20-,24-21-,32-27+,33-28+/t39-,40-,41+,44?,45?,46?,47?,48+,49-/m0/s1. The van der Waals surface area contributed by atoms with E-state index in [0.29, 0.717) is 19.3 Å². The van der Waals surface area contributed by atoms with Crippen LogP contribution in [0.3, 0.4) is 0 Å². The molecule has 69 heavy (non-hydrogen) atoms. The molecule has 1 aliphatic carbocycles. The zero-order valence-corrected chi connectivity index (χ0v) is 42.2. The van der Waals surface area contributed by atoms with E-state index in [9.17, 15) is 64.0 Å². The van der Waals surface area contributed by atoms with E-state index in [4.69, 9.17) is 18.5 Å². The molecule has 1 fully saturated rings. The summed E-state index contributed by atoms with van der Waals surface area (Å²) in [6.45, 7) is 2.76. The molecule has 0 aromatic heterocycles. The normalized spacial score (nSPS) is 22.8. The molecule has 0 bridgehead atoms. The van der Waals surface area contributed by atoms with E-state index < -0.39 is 95.7 Å². The molecule has 9 N–H and O–H groups in total. The number of hydrogen-bond acceptors (Lipinski definition) is 15. The second-order valence-corrected chi connectivity index (χ2v) is 19.5. The molecule has 0 spiro atoms. The highest BCUT2D eigenvalue weighted by atomic mass is 31.2. The third-order valence-electron chi connectivity index (χ3n) is 10.6. The Kier molecular flexibility index (Phi) is 36.0. The highest BCUT2D eigenvalue weighted by Gasteiger charge is 2.54. The zero-order chi connectivity index (χ0) is 51.3. The Hall–Kier alpha value is -2.90. The fraction of sp³-hybridized carbons (Fsp3) is 0.673. The molecule has 0 radical (unpaired) electrons. The average molecular weight is 1020 g/mol. The lowest BCUT2D eigenvalue weighted by atomic mass is 9.85. The number of aliphatic hydroxyl groups is 6. The van der Waals surface area contributed by atoms with E-state index in [1.165, 1.54) is 19.3 Å². The van der Waals surface area contributed by atoms with Crippen LogP contribution in [0.25, 0.3) is 0 Å². The van der Waals surface area contributed by atoms with Gasteiger partial charge in [-0.05, 0) is 70.6 Å². The number of phosphoric acid groups is 2. The number of allylic oxidation sites excluding steroid dienone is 12. The summed E-state index contributed by atoms with van der Waals surface area (Å²) in [7, 11) is -10.8. The van der Waals surface area contributed by atoms with Crippen LogP contribution in [0.1, 0.15) is 142 Å². The number of hydrogen-bond donors (Lipinski definition) is 9. The molecule has 10 atom stereocenters. The lowest BCUT2D eigenvalue weighted by Gasteiger charge is -2.43. The number of rotatable bonds is 39. The Morgan fingerprint density at radius 2 is 1.03 bits per heavy atom. The maximum atomic E-state index is 13.0. The summed E-state index contributed by atoms with van der Waals surface area (Å²) in [5, 5.41) is 61.5. The second kappa shape index (κ2) is 38.7. The maximum Gasteiger partial charge on any atom is 0.472 e. The second-order valence-electron chi connectivity index (χ2n) is 16.9. The highest BCUT2D eigenvalue weighted by Crippen LogP contribution is 2.49. The smallest absolute Gasteiger partial charge is 0.462 e. The molecule has 0 saturated heterocycles. The summed E-state index contributed by atoms with van der Waals surface area (Å²) in [6.07, 6.45) is 25.9. The number of carbonyl (C=O) groups is 2. The van der Waals surface area contributed by atoms with Crippen LogP contribution in [0.5, 0.6) is 0 Å². The van der Waals surface area contributed by atoms with Crippen molar-refractivity contribution in [3.05, 3.63) is 85.1 Å². The van der Waals surface area contributed by atoms with Crippen LogP contribution in [-0.4, -0.2) is 125 Å². The Labute approximate surface area is 409 Å². The molecule has 0 heterocycles. The van der Waals surface area contributed by atoms with Gasteiger partial charge in [0.05, 0.1) is 18.8 Å². The molecule has 1 aliphatic rings. The van der Waals surface area contributed by atoms with Gasteiger partial charge < -0.3 is 54.8 Å². The number of carbonyl (C=O) groups excluding carboxylic acids is 2. The first kappa shape index (κ1) is 64.1. The quantitative estimate of drug-likeness (QED) is 0.00957. The predicted octanol–water partition coefficient (Wildman–Crippen LogP) is 7.34. The molecular formula is C49H82O18P2. The molecular weight excluding hydrogens is 938 g/mol. The highest BCUT2D eigenvalue weighted by molar-refractivity contribution is 7.47. The van der Waals surface area contributed by atoms with Gasteiger partial charge in [0.2, 0.25) is 0 Å². The molecule has 18 nitrogen and oxygen atoms in total. The lowest BCUT2D eigenvalue weighted by Crippen LogP contribution is -2.64. The first-order valence-electron chi connectivity index (χ1n) is 24.3. The van der Waals surface area contributed by atoms with Crippen molar-refractivity contribution in [1.29, 1.82) is 0 Å². The summed E-state index contributed by atoms with van der Waals surface area (Å²) >= 11 is 0. The molecule has 0 aromatic carbocycles. The van der Waals surface area contributed by atoms with Crippen molar-refractivity contribution < 1.29 is 87.1 Å². The topological polar surface area (TPSA) is 296 Å². The molecule has 0 aromatic rings. The molecule has 20 heteroatoms. The molecule has 0 amide bonds. The van der Waals surface area contributed by atoms with E-state index in [2.05, 4.69) is 54.8 Å². The molecule has 1 saturated carbocycles. The van der Waals surface area contributed by atoms with Crippen molar-refractivity contribution in [2.45, 2.75) is 197 Å². The first-order chi connectivity index (χ1) is 32.9. The van der Waals surface area contributed by atoms with Crippen LogP contribution >= 0.6 is 15.6 Å². The third-order valence-corrected chi connectivity index (χ3v) is 12.2. The van der Waals surface area contributed by atoms with Gasteiger partial charge in [0.1, 0.15) is 43.2 Å². The Balaban J connectivity index is 2.71. The van der Waals surface area contributed by atoms with Gasteiger partial charge in [0, 0.05) is 12.8 Å². The molecule has 0 aliphatic heterocycles. The van der Waals surface area contributed by atoms with Gasteiger partial charge >= 0.3 is 27.6 Å². The van der Waals surface area contributed by atoms with Crippen molar-refractivity contribution in [2.75, 3.05) is 13.2 Å².